The zero-order chi connectivity index (χ0) is 17.0. The van der Waals surface area contributed by atoms with Gasteiger partial charge in [0.1, 0.15) is 11.3 Å². The molecule has 0 saturated carbocycles. The van der Waals surface area contributed by atoms with Gasteiger partial charge in [0.2, 0.25) is 5.91 Å². The molecular formula is C17H22N2O4. The molecule has 0 aliphatic carbocycles. The number of benzene rings is 1. The number of likely N-dealkylation sites (N-methyl/N-ethyl adjacent to an activating group) is 2. The Morgan fingerprint density at radius 1 is 1.35 bits per heavy atom. The number of hydrogen-bond donors (Lipinski definition) is 2. The third-order valence-corrected chi connectivity index (χ3v) is 3.80. The van der Waals surface area contributed by atoms with Crippen LogP contribution in [0.4, 0.5) is 0 Å². The number of phenolic OH excluding ortho intramolecular Hbond substituents is 1. The summed E-state index contributed by atoms with van der Waals surface area (Å²) in [5.41, 5.74) is 1.25. The summed E-state index contributed by atoms with van der Waals surface area (Å²) in [4.78, 5) is 25.5. The molecule has 0 aliphatic rings. The van der Waals surface area contributed by atoms with E-state index in [1.54, 1.807) is 19.1 Å². The third-order valence-electron chi connectivity index (χ3n) is 3.80. The van der Waals surface area contributed by atoms with Crippen molar-refractivity contribution in [2.24, 2.45) is 0 Å². The highest BCUT2D eigenvalue weighted by atomic mass is 16.4. The van der Waals surface area contributed by atoms with Crippen LogP contribution in [0.3, 0.4) is 0 Å². The van der Waals surface area contributed by atoms with Gasteiger partial charge in [-0.15, -0.1) is 0 Å². The molecule has 1 heterocycles. The first-order valence-electron chi connectivity index (χ1n) is 7.70. The van der Waals surface area contributed by atoms with Crippen LogP contribution in [0, 0.1) is 6.92 Å². The molecule has 0 saturated heterocycles. The number of nitrogens with one attached hydrogen (secondary N) is 1. The van der Waals surface area contributed by atoms with E-state index in [1.165, 1.54) is 6.07 Å². The number of phenols is 1. The Morgan fingerprint density at radius 2 is 2.09 bits per heavy atom. The van der Waals surface area contributed by atoms with Crippen molar-refractivity contribution in [1.29, 1.82) is 0 Å². The Balaban J connectivity index is 2.37. The van der Waals surface area contributed by atoms with Crippen LogP contribution in [0.1, 0.15) is 25.0 Å². The minimum atomic E-state index is -0.463. The molecule has 0 atom stereocenters. The number of aromatic hydroxyl groups is 1. The lowest BCUT2D eigenvalue weighted by molar-refractivity contribution is -0.122. The summed E-state index contributed by atoms with van der Waals surface area (Å²) in [5.74, 6) is 0.0444. The van der Waals surface area contributed by atoms with Crippen molar-refractivity contribution < 1.29 is 14.3 Å². The van der Waals surface area contributed by atoms with E-state index in [1.807, 2.05) is 18.7 Å². The summed E-state index contributed by atoms with van der Waals surface area (Å²) in [6.07, 6.45) is 0. The molecule has 0 unspecified atom stereocenters. The van der Waals surface area contributed by atoms with Gasteiger partial charge in [-0.05, 0) is 38.1 Å². The normalized spacial score (nSPS) is 11.1. The predicted molar refractivity (Wildman–Crippen MR) is 88.5 cm³/mol. The summed E-state index contributed by atoms with van der Waals surface area (Å²) in [6, 6.07) is 4.76. The number of rotatable bonds is 6. The van der Waals surface area contributed by atoms with Crippen molar-refractivity contribution in [1.82, 2.24) is 10.2 Å². The maximum absolute atomic E-state index is 11.8. The van der Waals surface area contributed by atoms with Gasteiger partial charge in [0.05, 0.1) is 6.54 Å². The molecule has 0 aliphatic heterocycles. The monoisotopic (exact) mass is 318 g/mol. The summed E-state index contributed by atoms with van der Waals surface area (Å²) in [7, 11) is 0. The standard InChI is InChI=1S/C17H22N2O4/c1-4-18-15(21)10-19(5-2)9-12-8-16(22)23-17-11(3)14(20)7-6-13(12)17/h6-8,20H,4-5,9-10H2,1-3H3,(H,18,21). The highest BCUT2D eigenvalue weighted by molar-refractivity contribution is 5.85. The van der Waals surface area contributed by atoms with Gasteiger partial charge in [-0.25, -0.2) is 4.79 Å². The highest BCUT2D eigenvalue weighted by Gasteiger charge is 2.14. The van der Waals surface area contributed by atoms with Crippen LogP contribution in [0.2, 0.25) is 0 Å². The number of aryl methyl sites for hydroxylation is 1. The number of carbonyl (C=O) groups excluding carboxylic acids is 1. The van der Waals surface area contributed by atoms with E-state index in [9.17, 15) is 14.7 Å². The molecule has 23 heavy (non-hydrogen) atoms. The Kier molecular flexibility index (Phi) is 5.39. The van der Waals surface area contributed by atoms with Crippen molar-refractivity contribution in [2.45, 2.75) is 27.3 Å². The largest absolute Gasteiger partial charge is 0.508 e. The highest BCUT2D eigenvalue weighted by Crippen LogP contribution is 2.27. The Hall–Kier alpha value is -2.34. The van der Waals surface area contributed by atoms with Gasteiger partial charge in [-0.2, -0.15) is 0 Å². The van der Waals surface area contributed by atoms with E-state index < -0.39 is 5.63 Å². The summed E-state index contributed by atoms with van der Waals surface area (Å²) in [5, 5.41) is 13.3. The molecule has 1 aromatic carbocycles. The zero-order valence-corrected chi connectivity index (χ0v) is 13.7. The van der Waals surface area contributed by atoms with Crippen molar-refractivity contribution in [3.05, 3.63) is 39.7 Å². The zero-order valence-electron chi connectivity index (χ0n) is 13.7. The second kappa shape index (κ2) is 7.28. The van der Waals surface area contributed by atoms with Crippen LogP contribution in [-0.2, 0) is 11.3 Å². The Bertz CT molecular complexity index is 767. The smallest absolute Gasteiger partial charge is 0.336 e. The predicted octanol–water partition coefficient (Wildman–Crippen LogP) is 1.77. The van der Waals surface area contributed by atoms with E-state index in [4.69, 9.17) is 4.42 Å². The maximum Gasteiger partial charge on any atom is 0.336 e. The van der Waals surface area contributed by atoms with Crippen LogP contribution in [-0.4, -0.2) is 35.5 Å². The van der Waals surface area contributed by atoms with E-state index in [0.717, 1.165) is 10.9 Å². The minimum absolute atomic E-state index is 0.0459. The number of carbonyl (C=O) groups is 1. The fourth-order valence-corrected chi connectivity index (χ4v) is 2.52. The molecule has 0 fully saturated rings. The van der Waals surface area contributed by atoms with E-state index in [-0.39, 0.29) is 18.2 Å². The topological polar surface area (TPSA) is 82.8 Å². The number of amides is 1. The number of nitrogens with zero attached hydrogens (tertiary/aromatic N) is 1. The van der Waals surface area contributed by atoms with Crippen molar-refractivity contribution in [3.8, 4) is 5.75 Å². The van der Waals surface area contributed by atoms with Crippen LogP contribution >= 0.6 is 0 Å². The first-order chi connectivity index (χ1) is 11.0. The van der Waals surface area contributed by atoms with Crippen LogP contribution in [0.15, 0.2) is 27.4 Å². The van der Waals surface area contributed by atoms with E-state index in [2.05, 4.69) is 5.32 Å². The number of fused-ring (bicyclic) bond motifs is 1. The first kappa shape index (κ1) is 17.0. The minimum Gasteiger partial charge on any atom is -0.508 e. The second-order valence-corrected chi connectivity index (χ2v) is 5.43. The van der Waals surface area contributed by atoms with Gasteiger partial charge < -0.3 is 14.8 Å². The molecule has 2 rings (SSSR count). The van der Waals surface area contributed by atoms with Gasteiger partial charge in [0.15, 0.2) is 0 Å². The number of hydrogen-bond acceptors (Lipinski definition) is 5. The first-order valence-corrected chi connectivity index (χ1v) is 7.70. The quantitative estimate of drug-likeness (QED) is 0.793. The van der Waals surface area contributed by atoms with Gasteiger partial charge in [-0.1, -0.05) is 6.92 Å². The molecular weight excluding hydrogens is 296 g/mol. The second-order valence-electron chi connectivity index (χ2n) is 5.43. The average Bonchev–Trinajstić information content (AvgIpc) is 2.50. The summed E-state index contributed by atoms with van der Waals surface area (Å²) in [6.45, 7) is 7.53. The lowest BCUT2D eigenvalue weighted by Crippen LogP contribution is -2.36. The van der Waals surface area contributed by atoms with Gasteiger partial charge in [0.25, 0.3) is 0 Å². The molecule has 2 N–H and O–H groups in total. The maximum atomic E-state index is 11.8. The van der Waals surface area contributed by atoms with Gasteiger partial charge >= 0.3 is 5.63 Å². The van der Waals surface area contributed by atoms with Crippen molar-refractivity contribution in [2.75, 3.05) is 19.6 Å². The SMILES string of the molecule is CCNC(=O)CN(CC)Cc1cc(=O)oc2c(C)c(O)ccc12. The molecule has 1 aromatic heterocycles. The molecule has 124 valence electrons. The molecule has 0 radical (unpaired) electrons. The Labute approximate surface area is 134 Å². The molecule has 2 aromatic rings. The summed E-state index contributed by atoms with van der Waals surface area (Å²) < 4.78 is 5.24. The van der Waals surface area contributed by atoms with Gasteiger partial charge in [0, 0.05) is 30.1 Å². The van der Waals surface area contributed by atoms with Crippen LogP contribution < -0.4 is 10.9 Å². The summed E-state index contributed by atoms with van der Waals surface area (Å²) >= 11 is 0. The lowest BCUT2D eigenvalue weighted by Gasteiger charge is -2.20. The average molecular weight is 318 g/mol. The fraction of sp³-hybridized carbons (Fsp3) is 0.412. The molecule has 6 nitrogen and oxygen atoms in total. The van der Waals surface area contributed by atoms with E-state index >= 15 is 0 Å². The molecule has 0 spiro atoms. The Morgan fingerprint density at radius 3 is 2.74 bits per heavy atom. The fourth-order valence-electron chi connectivity index (χ4n) is 2.52. The molecule has 1 amide bonds. The van der Waals surface area contributed by atoms with Crippen molar-refractivity contribution >= 4 is 16.9 Å². The molecule has 0 bridgehead atoms. The third kappa shape index (κ3) is 3.90. The van der Waals surface area contributed by atoms with Crippen LogP contribution in [0.5, 0.6) is 5.75 Å². The lowest BCUT2D eigenvalue weighted by atomic mass is 10.1. The molecule has 6 heteroatoms. The van der Waals surface area contributed by atoms with Gasteiger partial charge in [-0.3, -0.25) is 9.69 Å². The van der Waals surface area contributed by atoms with E-state index in [0.29, 0.717) is 30.8 Å². The van der Waals surface area contributed by atoms with Crippen molar-refractivity contribution in [3.63, 3.8) is 0 Å². The van der Waals surface area contributed by atoms with Crippen LogP contribution in [0.25, 0.3) is 11.0 Å².